The van der Waals surface area contributed by atoms with Gasteiger partial charge in [-0.1, -0.05) is 18.2 Å². The van der Waals surface area contributed by atoms with Crippen LogP contribution >= 0.6 is 0 Å². The number of aromatic nitrogens is 5. The van der Waals surface area contributed by atoms with Crippen LogP contribution in [0.15, 0.2) is 54.9 Å². The van der Waals surface area contributed by atoms with Gasteiger partial charge in [0, 0.05) is 35.7 Å². The minimum absolute atomic E-state index is 0.198. The quantitative estimate of drug-likeness (QED) is 0.390. The molecule has 3 N–H and O–H groups in total. The molecule has 3 heterocycles. The molecule has 34 heavy (non-hydrogen) atoms. The average molecular weight is 458 g/mol. The number of para-hydroxylation sites is 1. The molecule has 5 aromatic rings. The molecule has 0 fully saturated rings. The van der Waals surface area contributed by atoms with Crippen LogP contribution in [0.2, 0.25) is 0 Å². The molecule has 0 radical (unpaired) electrons. The third-order valence-electron chi connectivity index (χ3n) is 5.88. The highest BCUT2D eigenvalue weighted by Gasteiger charge is 2.20. The fourth-order valence-corrected chi connectivity index (χ4v) is 4.28. The molecule has 0 aliphatic rings. The second-order valence-corrected chi connectivity index (χ2v) is 8.00. The summed E-state index contributed by atoms with van der Waals surface area (Å²) in [7, 11) is 0. The molecule has 0 aliphatic carbocycles. The number of halogens is 1. The van der Waals surface area contributed by atoms with E-state index in [0.717, 1.165) is 41.4 Å². The largest absolute Gasteiger partial charge is 0.508 e. The molecule has 0 spiro atoms. The molecular weight excluding hydrogens is 433 g/mol. The molecule has 0 amide bonds. The Morgan fingerprint density at radius 3 is 2.62 bits per heavy atom. The number of anilines is 2. The summed E-state index contributed by atoms with van der Waals surface area (Å²) in [4.78, 5) is 15.7. The number of rotatable bonds is 6. The van der Waals surface area contributed by atoms with Gasteiger partial charge in [0.1, 0.15) is 35.2 Å². The summed E-state index contributed by atoms with van der Waals surface area (Å²) in [6.07, 6.45) is 1.38. The predicted octanol–water partition coefficient (Wildman–Crippen LogP) is 4.36. The number of hydrogen-bond acceptors (Lipinski definition) is 7. The summed E-state index contributed by atoms with van der Waals surface area (Å²) >= 11 is 0. The highest BCUT2D eigenvalue weighted by atomic mass is 19.1. The zero-order chi connectivity index (χ0) is 23.8. The maximum Gasteiger partial charge on any atom is 0.164 e. The maximum atomic E-state index is 14.1. The molecule has 5 rings (SSSR count). The van der Waals surface area contributed by atoms with Crippen molar-refractivity contribution in [3.05, 3.63) is 66.2 Å². The SMILES string of the molecule is CCN(CC)c1nc2ccccc2cc1Cn1nc(-c2cc(O)cc(F)c2)c2c(N)ncnc21. The second-order valence-electron chi connectivity index (χ2n) is 8.00. The van der Waals surface area contributed by atoms with E-state index in [0.29, 0.717) is 28.8 Å². The Hall–Kier alpha value is -4.27. The molecule has 0 saturated heterocycles. The van der Waals surface area contributed by atoms with Crippen molar-refractivity contribution in [2.45, 2.75) is 20.4 Å². The first-order valence-electron chi connectivity index (χ1n) is 11.1. The van der Waals surface area contributed by atoms with Crippen LogP contribution in [-0.2, 0) is 6.54 Å². The van der Waals surface area contributed by atoms with Crippen molar-refractivity contribution < 1.29 is 9.50 Å². The normalized spacial score (nSPS) is 11.4. The second kappa shape index (κ2) is 8.58. The number of phenolic OH excluding ortho intramolecular Hbond substituents is 1. The van der Waals surface area contributed by atoms with E-state index < -0.39 is 5.82 Å². The van der Waals surface area contributed by atoms with E-state index in [9.17, 15) is 9.50 Å². The molecule has 0 bridgehead atoms. The fraction of sp³-hybridized carbons (Fsp3) is 0.200. The van der Waals surface area contributed by atoms with Crippen molar-refractivity contribution in [1.82, 2.24) is 24.7 Å². The Balaban J connectivity index is 1.71. The lowest BCUT2D eigenvalue weighted by Gasteiger charge is -2.23. The van der Waals surface area contributed by atoms with Crippen LogP contribution in [0.1, 0.15) is 19.4 Å². The molecule has 2 aromatic carbocycles. The monoisotopic (exact) mass is 457 g/mol. The van der Waals surface area contributed by atoms with E-state index in [2.05, 4.69) is 34.8 Å². The minimum atomic E-state index is -0.573. The smallest absolute Gasteiger partial charge is 0.164 e. The number of pyridine rings is 1. The first-order chi connectivity index (χ1) is 16.5. The highest BCUT2D eigenvalue weighted by molar-refractivity contribution is 5.98. The van der Waals surface area contributed by atoms with Gasteiger partial charge < -0.3 is 15.7 Å². The fourth-order valence-electron chi connectivity index (χ4n) is 4.28. The molecule has 9 heteroatoms. The van der Waals surface area contributed by atoms with Crippen LogP contribution in [-0.4, -0.2) is 42.9 Å². The van der Waals surface area contributed by atoms with Crippen LogP contribution in [0.4, 0.5) is 16.0 Å². The third kappa shape index (κ3) is 3.75. The van der Waals surface area contributed by atoms with Gasteiger partial charge in [-0.15, -0.1) is 0 Å². The van der Waals surface area contributed by atoms with Gasteiger partial charge >= 0.3 is 0 Å². The van der Waals surface area contributed by atoms with E-state index >= 15 is 0 Å². The number of nitrogen functional groups attached to an aromatic ring is 1. The van der Waals surface area contributed by atoms with Crippen LogP contribution in [0.5, 0.6) is 5.75 Å². The summed E-state index contributed by atoms with van der Waals surface area (Å²) < 4.78 is 15.8. The average Bonchev–Trinajstić information content (AvgIpc) is 3.19. The molecule has 3 aromatic heterocycles. The molecular formula is C25H24FN7O. The van der Waals surface area contributed by atoms with E-state index in [1.165, 1.54) is 18.5 Å². The van der Waals surface area contributed by atoms with Crippen molar-refractivity contribution >= 4 is 33.6 Å². The van der Waals surface area contributed by atoms with Crippen LogP contribution in [0.3, 0.4) is 0 Å². The van der Waals surface area contributed by atoms with Crippen molar-refractivity contribution in [1.29, 1.82) is 0 Å². The van der Waals surface area contributed by atoms with Gasteiger partial charge in [0.25, 0.3) is 0 Å². The van der Waals surface area contributed by atoms with Gasteiger partial charge in [-0.2, -0.15) is 5.10 Å². The molecule has 8 nitrogen and oxygen atoms in total. The molecule has 0 unspecified atom stereocenters. The number of nitrogens with zero attached hydrogens (tertiary/aromatic N) is 6. The van der Waals surface area contributed by atoms with E-state index in [4.69, 9.17) is 15.8 Å². The lowest BCUT2D eigenvalue weighted by atomic mass is 10.1. The van der Waals surface area contributed by atoms with E-state index in [1.54, 1.807) is 4.68 Å². The van der Waals surface area contributed by atoms with Crippen molar-refractivity contribution in [3.63, 3.8) is 0 Å². The predicted molar refractivity (Wildman–Crippen MR) is 131 cm³/mol. The summed E-state index contributed by atoms with van der Waals surface area (Å²) in [5.41, 5.74) is 9.39. The molecule has 0 saturated carbocycles. The number of fused-ring (bicyclic) bond motifs is 2. The lowest BCUT2D eigenvalue weighted by Crippen LogP contribution is -2.25. The zero-order valence-corrected chi connectivity index (χ0v) is 18.9. The minimum Gasteiger partial charge on any atom is -0.508 e. The van der Waals surface area contributed by atoms with Crippen LogP contribution in [0.25, 0.3) is 33.2 Å². The van der Waals surface area contributed by atoms with Gasteiger partial charge in [-0.05, 0) is 38.1 Å². The van der Waals surface area contributed by atoms with Gasteiger partial charge in [0.15, 0.2) is 5.65 Å². The first-order valence-corrected chi connectivity index (χ1v) is 11.1. The van der Waals surface area contributed by atoms with Gasteiger partial charge in [-0.3, -0.25) is 0 Å². The summed E-state index contributed by atoms with van der Waals surface area (Å²) in [6.45, 7) is 6.17. The Morgan fingerprint density at radius 2 is 1.85 bits per heavy atom. The number of aromatic hydroxyl groups is 1. The standard InChI is InChI=1S/C25H24FN7O/c1-3-32(4-2)24-17(9-15-7-5-6-8-20(15)30-24)13-33-25-21(23(27)28-14-29-25)22(31-33)16-10-18(26)12-19(34)11-16/h5-12,14,34H,3-4,13H2,1-2H3,(H2,27,28,29). The van der Waals surface area contributed by atoms with Crippen LogP contribution < -0.4 is 10.6 Å². The molecule has 0 atom stereocenters. The number of hydrogen-bond donors (Lipinski definition) is 2. The third-order valence-corrected chi connectivity index (χ3v) is 5.88. The zero-order valence-electron chi connectivity index (χ0n) is 18.9. The van der Waals surface area contributed by atoms with Gasteiger partial charge in [0.05, 0.1) is 17.4 Å². The topological polar surface area (TPSA) is 106 Å². The van der Waals surface area contributed by atoms with Crippen LogP contribution in [0, 0.1) is 5.82 Å². The van der Waals surface area contributed by atoms with Gasteiger partial charge in [-0.25, -0.2) is 24.0 Å². The number of benzene rings is 2. The Kier molecular flexibility index (Phi) is 5.45. The number of phenols is 1. The van der Waals surface area contributed by atoms with Crippen molar-refractivity contribution in [2.24, 2.45) is 0 Å². The van der Waals surface area contributed by atoms with E-state index in [-0.39, 0.29) is 11.6 Å². The summed E-state index contributed by atoms with van der Waals surface area (Å²) in [5, 5.41) is 16.2. The van der Waals surface area contributed by atoms with Crippen molar-refractivity contribution in [3.8, 4) is 17.0 Å². The summed E-state index contributed by atoms with van der Waals surface area (Å²) in [6, 6.07) is 13.9. The first kappa shape index (κ1) is 21.6. The lowest BCUT2D eigenvalue weighted by molar-refractivity contribution is 0.469. The Morgan fingerprint density at radius 1 is 1.06 bits per heavy atom. The highest BCUT2D eigenvalue weighted by Crippen LogP contribution is 2.33. The maximum absolute atomic E-state index is 14.1. The Labute approximate surface area is 195 Å². The Bertz CT molecular complexity index is 1490. The van der Waals surface area contributed by atoms with Gasteiger partial charge in [0.2, 0.25) is 0 Å². The molecule has 0 aliphatic heterocycles. The molecule has 172 valence electrons. The summed E-state index contributed by atoms with van der Waals surface area (Å²) in [5.74, 6) is 0.335. The number of nitrogens with two attached hydrogens (primary N) is 1. The van der Waals surface area contributed by atoms with Crippen molar-refractivity contribution in [2.75, 3.05) is 23.7 Å². The van der Waals surface area contributed by atoms with E-state index in [1.807, 2.05) is 24.3 Å².